The molecular weight excluding hydrogens is 242 g/mol. The first-order valence-electron chi connectivity index (χ1n) is 6.58. The number of carbonyl (C=O) groups is 1. The quantitative estimate of drug-likeness (QED) is 0.854. The maximum Gasteiger partial charge on any atom is 0.230 e. The molecule has 0 aliphatic heterocycles. The summed E-state index contributed by atoms with van der Waals surface area (Å²) >= 11 is 1.68. The zero-order valence-electron chi connectivity index (χ0n) is 11.1. The lowest BCUT2D eigenvalue weighted by molar-refractivity contribution is -0.119. The standard InChI is InChI=1S/C15H21NOS/c1-11-3-5-13(6-4-11)9-18-10-15(17)16-12(2)14-7-8-14/h3-6,12,14H,7-10H2,1-2H3,(H,16,17). The van der Waals surface area contributed by atoms with E-state index in [-0.39, 0.29) is 5.91 Å². The Hall–Kier alpha value is -0.960. The lowest BCUT2D eigenvalue weighted by atomic mass is 10.2. The minimum Gasteiger partial charge on any atom is -0.353 e. The lowest BCUT2D eigenvalue weighted by Crippen LogP contribution is -2.35. The number of benzene rings is 1. The van der Waals surface area contributed by atoms with Gasteiger partial charge in [-0.15, -0.1) is 11.8 Å². The van der Waals surface area contributed by atoms with Crippen LogP contribution >= 0.6 is 11.8 Å². The Labute approximate surface area is 114 Å². The van der Waals surface area contributed by atoms with Gasteiger partial charge in [-0.3, -0.25) is 4.79 Å². The van der Waals surface area contributed by atoms with Gasteiger partial charge >= 0.3 is 0 Å². The second-order valence-electron chi connectivity index (χ2n) is 5.17. The molecule has 0 aromatic heterocycles. The molecule has 0 saturated heterocycles. The fourth-order valence-electron chi connectivity index (χ4n) is 1.96. The average molecular weight is 263 g/mol. The van der Waals surface area contributed by atoms with Crippen LogP contribution in [0.1, 0.15) is 30.9 Å². The summed E-state index contributed by atoms with van der Waals surface area (Å²) in [7, 11) is 0. The van der Waals surface area contributed by atoms with Gasteiger partial charge in [-0.05, 0) is 38.2 Å². The highest BCUT2D eigenvalue weighted by atomic mass is 32.2. The van der Waals surface area contributed by atoms with Crippen LogP contribution in [-0.4, -0.2) is 17.7 Å². The van der Waals surface area contributed by atoms with Crippen LogP contribution < -0.4 is 5.32 Å². The van der Waals surface area contributed by atoms with Crippen molar-refractivity contribution in [3.05, 3.63) is 35.4 Å². The van der Waals surface area contributed by atoms with Crippen molar-refractivity contribution in [3.63, 3.8) is 0 Å². The Morgan fingerprint density at radius 3 is 2.67 bits per heavy atom. The Kier molecular flexibility index (Phi) is 4.70. The molecule has 1 saturated carbocycles. The minimum absolute atomic E-state index is 0.173. The van der Waals surface area contributed by atoms with Gasteiger partial charge in [-0.2, -0.15) is 0 Å². The number of amides is 1. The average Bonchev–Trinajstić information content (AvgIpc) is 3.15. The second kappa shape index (κ2) is 6.28. The van der Waals surface area contributed by atoms with E-state index in [2.05, 4.69) is 43.4 Å². The number of hydrogen-bond donors (Lipinski definition) is 1. The molecule has 1 aliphatic carbocycles. The first kappa shape index (κ1) is 13.5. The molecule has 0 heterocycles. The van der Waals surface area contributed by atoms with Crippen molar-refractivity contribution in [3.8, 4) is 0 Å². The molecule has 98 valence electrons. The molecule has 0 spiro atoms. The van der Waals surface area contributed by atoms with Crippen LogP contribution in [0.15, 0.2) is 24.3 Å². The third-order valence-corrected chi connectivity index (χ3v) is 4.34. The van der Waals surface area contributed by atoms with Crippen LogP contribution in [-0.2, 0) is 10.5 Å². The third kappa shape index (κ3) is 4.37. The first-order valence-corrected chi connectivity index (χ1v) is 7.73. The summed E-state index contributed by atoms with van der Waals surface area (Å²) < 4.78 is 0. The Bertz CT molecular complexity index is 397. The van der Waals surface area contributed by atoms with E-state index < -0.39 is 0 Å². The third-order valence-electron chi connectivity index (χ3n) is 3.34. The van der Waals surface area contributed by atoms with Crippen molar-refractivity contribution >= 4 is 17.7 Å². The lowest BCUT2D eigenvalue weighted by Gasteiger charge is -2.12. The van der Waals surface area contributed by atoms with Crippen LogP contribution in [0, 0.1) is 12.8 Å². The van der Waals surface area contributed by atoms with Gasteiger partial charge in [0.25, 0.3) is 0 Å². The van der Waals surface area contributed by atoms with Gasteiger partial charge in [0, 0.05) is 11.8 Å². The molecule has 0 bridgehead atoms. The number of thioether (sulfide) groups is 1. The topological polar surface area (TPSA) is 29.1 Å². The molecule has 1 aromatic rings. The van der Waals surface area contributed by atoms with Gasteiger partial charge in [-0.1, -0.05) is 29.8 Å². The zero-order chi connectivity index (χ0) is 13.0. The number of aryl methyl sites for hydroxylation is 1. The highest BCUT2D eigenvalue weighted by Crippen LogP contribution is 2.32. The summed E-state index contributed by atoms with van der Waals surface area (Å²) in [5.74, 6) is 2.37. The SMILES string of the molecule is Cc1ccc(CSCC(=O)NC(C)C2CC2)cc1. The minimum atomic E-state index is 0.173. The zero-order valence-corrected chi connectivity index (χ0v) is 11.9. The molecule has 1 unspecified atom stereocenters. The summed E-state index contributed by atoms with van der Waals surface area (Å²) in [5, 5.41) is 3.08. The van der Waals surface area contributed by atoms with Crippen LogP contribution in [0.25, 0.3) is 0 Å². The van der Waals surface area contributed by atoms with Crippen molar-refractivity contribution in [2.75, 3.05) is 5.75 Å². The van der Waals surface area contributed by atoms with Gasteiger partial charge in [0.1, 0.15) is 0 Å². The summed E-state index contributed by atoms with van der Waals surface area (Å²) in [5.41, 5.74) is 2.56. The molecule has 2 nitrogen and oxygen atoms in total. The largest absolute Gasteiger partial charge is 0.353 e. The van der Waals surface area contributed by atoms with Crippen molar-refractivity contribution in [2.24, 2.45) is 5.92 Å². The van der Waals surface area contributed by atoms with E-state index in [1.54, 1.807) is 11.8 Å². The molecule has 1 N–H and O–H groups in total. The van der Waals surface area contributed by atoms with Crippen molar-refractivity contribution in [1.82, 2.24) is 5.32 Å². The number of carbonyl (C=O) groups excluding carboxylic acids is 1. The molecule has 1 aromatic carbocycles. The van der Waals surface area contributed by atoms with Crippen molar-refractivity contribution in [1.29, 1.82) is 0 Å². The van der Waals surface area contributed by atoms with E-state index in [1.165, 1.54) is 24.0 Å². The molecule has 2 rings (SSSR count). The molecule has 18 heavy (non-hydrogen) atoms. The van der Waals surface area contributed by atoms with Gasteiger partial charge in [-0.25, -0.2) is 0 Å². The summed E-state index contributed by atoms with van der Waals surface area (Å²) in [6, 6.07) is 8.86. The van der Waals surface area contributed by atoms with Crippen LogP contribution in [0.4, 0.5) is 0 Å². The monoisotopic (exact) mass is 263 g/mol. The van der Waals surface area contributed by atoms with Crippen molar-refractivity contribution < 1.29 is 4.79 Å². The summed E-state index contributed by atoms with van der Waals surface area (Å²) in [6.07, 6.45) is 2.55. The van der Waals surface area contributed by atoms with Gasteiger partial charge in [0.2, 0.25) is 5.91 Å². The van der Waals surface area contributed by atoms with E-state index >= 15 is 0 Å². The number of nitrogens with one attached hydrogen (secondary N) is 1. The molecular formula is C15H21NOS. The summed E-state index contributed by atoms with van der Waals surface area (Å²) in [6.45, 7) is 4.20. The van der Waals surface area contributed by atoms with E-state index in [4.69, 9.17) is 0 Å². The number of rotatable bonds is 6. The molecule has 0 radical (unpaired) electrons. The van der Waals surface area contributed by atoms with E-state index in [0.717, 1.165) is 11.7 Å². The second-order valence-corrected chi connectivity index (χ2v) is 6.16. The molecule has 1 aliphatic rings. The van der Waals surface area contributed by atoms with E-state index in [0.29, 0.717) is 11.8 Å². The van der Waals surface area contributed by atoms with Crippen LogP contribution in [0.2, 0.25) is 0 Å². The normalized spacial score (nSPS) is 16.3. The predicted octanol–water partition coefficient (Wildman–Crippen LogP) is 3.14. The van der Waals surface area contributed by atoms with E-state index in [1.807, 2.05) is 0 Å². The smallest absolute Gasteiger partial charge is 0.230 e. The van der Waals surface area contributed by atoms with Crippen molar-refractivity contribution in [2.45, 2.75) is 38.5 Å². The maximum atomic E-state index is 11.7. The first-order chi connectivity index (χ1) is 8.65. The van der Waals surface area contributed by atoms with E-state index in [9.17, 15) is 4.79 Å². The van der Waals surface area contributed by atoms with Crippen LogP contribution in [0.3, 0.4) is 0 Å². The Balaban J connectivity index is 1.65. The molecule has 1 amide bonds. The fraction of sp³-hybridized carbons (Fsp3) is 0.533. The van der Waals surface area contributed by atoms with Gasteiger partial charge < -0.3 is 5.32 Å². The predicted molar refractivity (Wildman–Crippen MR) is 77.7 cm³/mol. The molecule has 3 heteroatoms. The Morgan fingerprint density at radius 1 is 1.39 bits per heavy atom. The molecule has 1 fully saturated rings. The van der Waals surface area contributed by atoms with Gasteiger partial charge in [0.15, 0.2) is 0 Å². The maximum absolute atomic E-state index is 11.7. The highest BCUT2D eigenvalue weighted by Gasteiger charge is 2.28. The van der Waals surface area contributed by atoms with Crippen LogP contribution in [0.5, 0.6) is 0 Å². The summed E-state index contributed by atoms with van der Waals surface area (Å²) in [4.78, 5) is 11.7. The number of hydrogen-bond acceptors (Lipinski definition) is 2. The molecule has 1 atom stereocenters. The van der Waals surface area contributed by atoms with Gasteiger partial charge in [0.05, 0.1) is 5.75 Å². The highest BCUT2D eigenvalue weighted by molar-refractivity contribution is 7.99. The Morgan fingerprint density at radius 2 is 2.06 bits per heavy atom. The fourth-order valence-corrected chi connectivity index (χ4v) is 2.75.